The Kier molecular flexibility index (Phi) is 5.58. The van der Waals surface area contributed by atoms with Crippen molar-refractivity contribution in [3.63, 3.8) is 0 Å². The van der Waals surface area contributed by atoms with Gasteiger partial charge in [0, 0.05) is 37.3 Å². The number of morpholine rings is 1. The minimum absolute atomic E-state index is 0.235. The number of ether oxygens (including phenoxy) is 1. The molecule has 29 heavy (non-hydrogen) atoms. The van der Waals surface area contributed by atoms with E-state index in [0.29, 0.717) is 31.0 Å². The van der Waals surface area contributed by atoms with Gasteiger partial charge in [0.1, 0.15) is 6.54 Å². The fourth-order valence-electron chi connectivity index (χ4n) is 3.78. The minimum Gasteiger partial charge on any atom is -0.379 e. The van der Waals surface area contributed by atoms with Gasteiger partial charge < -0.3 is 10.1 Å². The number of fused-ring (bicyclic) bond motifs is 3. The smallest absolute Gasteiger partial charge is 0.265 e. The van der Waals surface area contributed by atoms with Crippen LogP contribution in [0.5, 0.6) is 0 Å². The highest BCUT2D eigenvalue weighted by Crippen LogP contribution is 2.43. The number of hydrogen-bond donors (Lipinski definition) is 1. The summed E-state index contributed by atoms with van der Waals surface area (Å²) in [6.07, 6.45) is 0. The number of anilines is 1. The quantitative estimate of drug-likeness (QED) is 0.803. The van der Waals surface area contributed by atoms with Crippen LogP contribution in [0.25, 0.3) is 11.1 Å². The highest BCUT2D eigenvalue weighted by molar-refractivity contribution is 7.93. The molecule has 0 saturated carbocycles. The number of amides is 1. The Morgan fingerprint density at radius 3 is 2.66 bits per heavy atom. The number of hydrogen-bond acceptors (Lipinski definition) is 5. The second-order valence-electron chi connectivity index (χ2n) is 7.33. The molecular formula is C21H25N3O4S. The van der Waals surface area contributed by atoms with Gasteiger partial charge in [0.15, 0.2) is 0 Å². The Hall–Kier alpha value is -2.42. The summed E-state index contributed by atoms with van der Waals surface area (Å²) < 4.78 is 33.0. The summed E-state index contributed by atoms with van der Waals surface area (Å²) in [5.41, 5.74) is 3.08. The molecule has 2 aromatic rings. The molecule has 0 bridgehead atoms. The molecule has 0 radical (unpaired) electrons. The molecule has 0 atom stereocenters. The maximum Gasteiger partial charge on any atom is 0.265 e. The van der Waals surface area contributed by atoms with Gasteiger partial charge in [0.05, 0.1) is 23.8 Å². The number of rotatable bonds is 5. The van der Waals surface area contributed by atoms with Crippen LogP contribution in [0.4, 0.5) is 5.69 Å². The van der Waals surface area contributed by atoms with E-state index in [4.69, 9.17) is 4.74 Å². The van der Waals surface area contributed by atoms with Crippen molar-refractivity contribution in [1.82, 2.24) is 10.2 Å². The van der Waals surface area contributed by atoms with Crippen molar-refractivity contribution >= 4 is 21.6 Å². The van der Waals surface area contributed by atoms with E-state index in [-0.39, 0.29) is 17.3 Å². The van der Waals surface area contributed by atoms with Crippen LogP contribution >= 0.6 is 0 Å². The van der Waals surface area contributed by atoms with Gasteiger partial charge in [0.25, 0.3) is 10.0 Å². The monoisotopic (exact) mass is 415 g/mol. The molecule has 7 nitrogen and oxygen atoms in total. The van der Waals surface area contributed by atoms with Crippen LogP contribution in [0.2, 0.25) is 0 Å². The first-order valence-electron chi connectivity index (χ1n) is 9.76. The molecule has 2 aromatic carbocycles. The average Bonchev–Trinajstić information content (AvgIpc) is 2.72. The minimum atomic E-state index is -3.80. The van der Waals surface area contributed by atoms with E-state index in [0.717, 1.165) is 30.8 Å². The molecule has 154 valence electrons. The van der Waals surface area contributed by atoms with Crippen LogP contribution in [0.15, 0.2) is 47.4 Å². The van der Waals surface area contributed by atoms with Crippen LogP contribution in [-0.4, -0.2) is 65.2 Å². The number of carbonyl (C=O) groups is 1. The van der Waals surface area contributed by atoms with Gasteiger partial charge in [-0.3, -0.25) is 14.0 Å². The standard InChI is InChI=1S/C21H25N3O4S/c1-16-6-7-19-18(14-16)17-4-2-3-5-20(17)29(26,27)24(19)15-21(25)22-8-9-23-10-12-28-13-11-23/h2-7,14H,8-13,15H2,1H3,(H,22,25). The van der Waals surface area contributed by atoms with Crippen molar-refractivity contribution in [2.24, 2.45) is 0 Å². The SMILES string of the molecule is Cc1ccc2c(c1)-c1ccccc1S(=O)(=O)N2CC(=O)NCCN1CCOCC1. The van der Waals surface area contributed by atoms with E-state index in [1.165, 1.54) is 4.31 Å². The fourth-order valence-corrected chi connectivity index (χ4v) is 5.43. The first-order valence-corrected chi connectivity index (χ1v) is 11.2. The van der Waals surface area contributed by atoms with E-state index in [1.54, 1.807) is 18.2 Å². The van der Waals surface area contributed by atoms with E-state index in [2.05, 4.69) is 10.2 Å². The summed E-state index contributed by atoms with van der Waals surface area (Å²) >= 11 is 0. The summed E-state index contributed by atoms with van der Waals surface area (Å²) in [5, 5.41) is 2.85. The van der Waals surface area contributed by atoms with E-state index < -0.39 is 10.0 Å². The molecule has 0 spiro atoms. The zero-order valence-corrected chi connectivity index (χ0v) is 17.2. The van der Waals surface area contributed by atoms with Crippen molar-refractivity contribution in [2.45, 2.75) is 11.8 Å². The number of sulfonamides is 1. The fraction of sp³-hybridized carbons (Fsp3) is 0.381. The second-order valence-corrected chi connectivity index (χ2v) is 9.16. The van der Waals surface area contributed by atoms with Gasteiger partial charge in [-0.15, -0.1) is 0 Å². The Morgan fingerprint density at radius 2 is 1.86 bits per heavy atom. The zero-order chi connectivity index (χ0) is 20.4. The Morgan fingerprint density at radius 1 is 1.10 bits per heavy atom. The molecule has 1 fully saturated rings. The molecule has 0 aromatic heterocycles. The highest BCUT2D eigenvalue weighted by atomic mass is 32.2. The van der Waals surface area contributed by atoms with Crippen molar-refractivity contribution in [3.05, 3.63) is 48.0 Å². The van der Waals surface area contributed by atoms with Crippen LogP contribution < -0.4 is 9.62 Å². The zero-order valence-electron chi connectivity index (χ0n) is 16.4. The summed E-state index contributed by atoms with van der Waals surface area (Å²) in [6.45, 7) is 6.03. The van der Waals surface area contributed by atoms with E-state index >= 15 is 0 Å². The number of benzene rings is 2. The van der Waals surface area contributed by atoms with Gasteiger partial charge >= 0.3 is 0 Å². The third-order valence-electron chi connectivity index (χ3n) is 5.31. The topological polar surface area (TPSA) is 79.0 Å². The summed E-state index contributed by atoms with van der Waals surface area (Å²) in [7, 11) is -3.80. The van der Waals surface area contributed by atoms with Crippen LogP contribution in [0.1, 0.15) is 5.56 Å². The van der Waals surface area contributed by atoms with Gasteiger partial charge in [-0.1, -0.05) is 29.8 Å². The van der Waals surface area contributed by atoms with Gasteiger partial charge in [-0.25, -0.2) is 8.42 Å². The summed E-state index contributed by atoms with van der Waals surface area (Å²) in [4.78, 5) is 15.0. The number of aryl methyl sites for hydroxylation is 1. The molecule has 0 aliphatic carbocycles. The van der Waals surface area contributed by atoms with Crippen LogP contribution in [0.3, 0.4) is 0 Å². The maximum atomic E-state index is 13.2. The average molecular weight is 416 g/mol. The van der Waals surface area contributed by atoms with Crippen LogP contribution in [-0.2, 0) is 19.6 Å². The van der Waals surface area contributed by atoms with Crippen molar-refractivity contribution in [2.75, 3.05) is 50.2 Å². The predicted molar refractivity (Wildman–Crippen MR) is 111 cm³/mol. The van der Waals surface area contributed by atoms with Crippen molar-refractivity contribution in [1.29, 1.82) is 0 Å². The predicted octanol–water partition coefficient (Wildman–Crippen LogP) is 1.62. The first-order chi connectivity index (χ1) is 14.0. The molecule has 2 aliphatic heterocycles. The van der Waals surface area contributed by atoms with Crippen LogP contribution in [0, 0.1) is 6.92 Å². The summed E-state index contributed by atoms with van der Waals surface area (Å²) in [6, 6.07) is 12.5. The Balaban J connectivity index is 1.53. The summed E-state index contributed by atoms with van der Waals surface area (Å²) in [5.74, 6) is -0.312. The third kappa shape index (κ3) is 4.01. The number of nitrogens with one attached hydrogen (secondary N) is 1. The molecule has 0 unspecified atom stereocenters. The van der Waals surface area contributed by atoms with Gasteiger partial charge in [0.2, 0.25) is 5.91 Å². The lowest BCUT2D eigenvalue weighted by atomic mass is 10.0. The maximum absolute atomic E-state index is 13.2. The van der Waals surface area contributed by atoms with E-state index in [9.17, 15) is 13.2 Å². The number of carbonyl (C=O) groups excluding carboxylic acids is 1. The first kappa shape index (κ1) is 19.9. The van der Waals surface area contributed by atoms with Gasteiger partial charge in [-0.2, -0.15) is 0 Å². The van der Waals surface area contributed by atoms with Gasteiger partial charge in [-0.05, 0) is 25.1 Å². The molecule has 1 N–H and O–H groups in total. The Labute approximate surface area is 171 Å². The largest absolute Gasteiger partial charge is 0.379 e. The molecule has 1 saturated heterocycles. The second kappa shape index (κ2) is 8.14. The molecule has 2 aliphatic rings. The molecular weight excluding hydrogens is 390 g/mol. The lowest BCUT2D eigenvalue weighted by Crippen LogP contribution is -2.45. The Bertz CT molecular complexity index is 1020. The molecule has 2 heterocycles. The molecule has 4 rings (SSSR count). The highest BCUT2D eigenvalue weighted by Gasteiger charge is 2.35. The van der Waals surface area contributed by atoms with E-state index in [1.807, 2.05) is 31.2 Å². The lowest BCUT2D eigenvalue weighted by molar-refractivity contribution is -0.119. The normalized spacial score (nSPS) is 18.0. The lowest BCUT2D eigenvalue weighted by Gasteiger charge is -2.32. The third-order valence-corrected chi connectivity index (χ3v) is 7.13. The van der Waals surface area contributed by atoms with Crippen molar-refractivity contribution < 1.29 is 17.9 Å². The molecule has 8 heteroatoms. The number of nitrogens with zero attached hydrogens (tertiary/aromatic N) is 2. The van der Waals surface area contributed by atoms with Crippen molar-refractivity contribution in [3.8, 4) is 11.1 Å². The molecule has 1 amide bonds.